The first-order valence-corrected chi connectivity index (χ1v) is 15.5. The maximum Gasteiger partial charge on any atom is 0.119 e. The Bertz CT molecular complexity index is 1030. The molecule has 0 radical (unpaired) electrons. The minimum absolute atomic E-state index is 0.110. The van der Waals surface area contributed by atoms with E-state index in [-0.39, 0.29) is 11.5 Å². The van der Waals surface area contributed by atoms with Crippen molar-refractivity contribution in [3.63, 3.8) is 0 Å². The van der Waals surface area contributed by atoms with Gasteiger partial charge in [0.2, 0.25) is 0 Å². The molecule has 0 saturated heterocycles. The molecule has 0 unspecified atom stereocenters. The summed E-state index contributed by atoms with van der Waals surface area (Å²) in [4.78, 5) is 0. The third-order valence-corrected chi connectivity index (χ3v) is 9.73. The predicted octanol–water partition coefficient (Wildman–Crippen LogP) is 6.91. The van der Waals surface area contributed by atoms with Crippen molar-refractivity contribution in [2.75, 3.05) is 7.11 Å². The molecule has 0 bridgehead atoms. The molecule has 2 nitrogen and oxygen atoms in total. The van der Waals surface area contributed by atoms with Crippen molar-refractivity contribution in [1.29, 1.82) is 0 Å². The van der Waals surface area contributed by atoms with E-state index in [4.69, 9.17) is 4.74 Å². The van der Waals surface area contributed by atoms with Gasteiger partial charge >= 0.3 is 0 Å². The summed E-state index contributed by atoms with van der Waals surface area (Å²) in [6, 6.07) is 19.4. The molecule has 0 aliphatic heterocycles. The molecule has 0 amide bonds. The van der Waals surface area contributed by atoms with Gasteiger partial charge in [-0.15, -0.1) is 0 Å². The number of aryl methyl sites for hydroxylation is 1. The van der Waals surface area contributed by atoms with Crippen molar-refractivity contribution in [3.05, 3.63) is 87.6 Å². The van der Waals surface area contributed by atoms with Crippen LogP contribution in [0.4, 0.5) is 0 Å². The second-order valence-corrected chi connectivity index (χ2v) is 16.1. The van der Waals surface area contributed by atoms with Crippen LogP contribution in [0.25, 0.3) is 0 Å². The lowest BCUT2D eigenvalue weighted by Crippen LogP contribution is -2.34. The largest absolute Gasteiger partial charge is 0.497 e. The van der Waals surface area contributed by atoms with E-state index in [0.29, 0.717) is 0 Å². The molecule has 0 heterocycles. The van der Waals surface area contributed by atoms with E-state index >= 15 is 0 Å². The van der Waals surface area contributed by atoms with Crippen LogP contribution >= 0.6 is 0 Å². The molecule has 3 heteroatoms. The van der Waals surface area contributed by atoms with Crippen LogP contribution in [0.1, 0.15) is 43.7 Å². The molecule has 2 aromatic rings. The van der Waals surface area contributed by atoms with E-state index in [9.17, 15) is 5.11 Å². The molecule has 0 spiro atoms. The maximum atomic E-state index is 10.7. The van der Waals surface area contributed by atoms with Gasteiger partial charge in [0.25, 0.3) is 0 Å². The summed E-state index contributed by atoms with van der Waals surface area (Å²) in [5, 5.41) is 12.4. The molecular weight excluding hydrogens is 408 g/mol. The van der Waals surface area contributed by atoms with Crippen LogP contribution < -0.4 is 4.74 Å². The number of allylic oxidation sites excluding steroid dienone is 3. The third-order valence-electron chi connectivity index (χ3n) is 7.44. The zero-order chi connectivity index (χ0) is 22.9. The van der Waals surface area contributed by atoms with Gasteiger partial charge in [-0.1, -0.05) is 79.8 Å². The highest BCUT2D eigenvalue weighted by molar-refractivity contribution is 6.83. The van der Waals surface area contributed by atoms with Crippen LogP contribution in [0.15, 0.2) is 76.5 Å². The quantitative estimate of drug-likeness (QED) is 0.468. The molecule has 2 aromatic carbocycles. The van der Waals surface area contributed by atoms with Crippen LogP contribution in [-0.4, -0.2) is 26.4 Å². The van der Waals surface area contributed by atoms with E-state index in [1.54, 1.807) is 23.5 Å². The summed E-state index contributed by atoms with van der Waals surface area (Å²) < 4.78 is 5.46. The fourth-order valence-corrected chi connectivity index (χ4v) is 7.92. The molecular formula is C29H38O2Si. The van der Waals surface area contributed by atoms with Gasteiger partial charge in [-0.05, 0) is 78.3 Å². The van der Waals surface area contributed by atoms with Crippen molar-refractivity contribution in [3.8, 4) is 5.75 Å². The van der Waals surface area contributed by atoms with Crippen molar-refractivity contribution >= 4 is 8.07 Å². The summed E-state index contributed by atoms with van der Waals surface area (Å²) in [5.41, 5.74) is 7.47. The Morgan fingerprint density at radius 1 is 0.969 bits per heavy atom. The van der Waals surface area contributed by atoms with Crippen LogP contribution in [0, 0.1) is 5.41 Å². The lowest BCUT2D eigenvalue weighted by molar-refractivity contribution is 0.164. The fourth-order valence-electron chi connectivity index (χ4n) is 5.86. The number of hydrogen-bond acceptors (Lipinski definition) is 2. The van der Waals surface area contributed by atoms with E-state index in [1.165, 1.54) is 16.7 Å². The zero-order valence-electron chi connectivity index (χ0n) is 20.4. The number of methoxy groups -OCH3 is 1. The monoisotopic (exact) mass is 446 g/mol. The number of aliphatic hydroxyl groups is 1. The molecule has 1 saturated carbocycles. The summed E-state index contributed by atoms with van der Waals surface area (Å²) >= 11 is 0. The van der Waals surface area contributed by atoms with Crippen LogP contribution in [-0.2, 0) is 12.8 Å². The first-order chi connectivity index (χ1) is 15.2. The van der Waals surface area contributed by atoms with E-state index in [0.717, 1.165) is 44.3 Å². The average Bonchev–Trinajstić information content (AvgIpc) is 3.06. The van der Waals surface area contributed by atoms with Gasteiger partial charge < -0.3 is 9.84 Å². The van der Waals surface area contributed by atoms with Crippen molar-refractivity contribution < 1.29 is 9.84 Å². The second kappa shape index (κ2) is 9.03. The van der Waals surface area contributed by atoms with Crippen molar-refractivity contribution in [2.45, 2.75) is 71.2 Å². The van der Waals surface area contributed by atoms with Gasteiger partial charge in [-0.2, -0.15) is 0 Å². The van der Waals surface area contributed by atoms with Crippen LogP contribution in [0.5, 0.6) is 5.75 Å². The highest BCUT2D eigenvalue weighted by atomic mass is 28.3. The first kappa shape index (κ1) is 23.1. The fraction of sp³-hybridized carbons (Fsp3) is 0.448. The smallest absolute Gasteiger partial charge is 0.119 e. The lowest BCUT2D eigenvalue weighted by Gasteiger charge is -2.41. The molecule has 2 atom stereocenters. The van der Waals surface area contributed by atoms with Crippen LogP contribution in [0.2, 0.25) is 19.6 Å². The highest BCUT2D eigenvalue weighted by Gasteiger charge is 2.46. The number of aliphatic hydroxyl groups excluding tert-OH is 1. The van der Waals surface area contributed by atoms with Gasteiger partial charge in [0.15, 0.2) is 0 Å². The van der Waals surface area contributed by atoms with E-state index in [2.05, 4.69) is 75.1 Å². The van der Waals surface area contributed by atoms with E-state index < -0.39 is 8.07 Å². The minimum atomic E-state index is -1.52. The first-order valence-electron chi connectivity index (χ1n) is 12.0. The van der Waals surface area contributed by atoms with Crippen LogP contribution in [0.3, 0.4) is 0 Å². The van der Waals surface area contributed by atoms with E-state index in [1.807, 2.05) is 6.07 Å². The molecule has 1 N–H and O–H groups in total. The summed E-state index contributed by atoms with van der Waals surface area (Å²) in [7, 11) is 0.210. The minimum Gasteiger partial charge on any atom is -0.497 e. The normalized spacial score (nSPS) is 23.5. The van der Waals surface area contributed by atoms with Gasteiger partial charge in [0.05, 0.1) is 21.3 Å². The molecule has 2 aliphatic rings. The lowest BCUT2D eigenvalue weighted by atomic mass is 9.71. The molecule has 0 aromatic heterocycles. The summed E-state index contributed by atoms with van der Waals surface area (Å²) in [6.45, 7) is 9.88. The number of fused-ring (bicyclic) bond motifs is 1. The standard InChI is InChI=1S/C29H38O2Si/c1-29-19-23(30)18-27(29)25(15-14-22-12-9-13-24(16-22)31-2)26(28(20-29)32(3,4)5)17-21-10-7-6-8-11-21/h6-13,16,23,30H,14-15,17-20H2,1-5H3/t23-,29+/m0/s1. The van der Waals surface area contributed by atoms with Crippen molar-refractivity contribution in [1.82, 2.24) is 0 Å². The molecule has 32 heavy (non-hydrogen) atoms. The highest BCUT2D eigenvalue weighted by Crippen LogP contribution is 2.55. The Morgan fingerprint density at radius 2 is 1.69 bits per heavy atom. The summed E-state index contributed by atoms with van der Waals surface area (Å²) in [5.74, 6) is 0.924. The van der Waals surface area contributed by atoms with Crippen molar-refractivity contribution in [2.24, 2.45) is 5.41 Å². The topological polar surface area (TPSA) is 29.5 Å². The number of rotatable bonds is 7. The number of hydrogen-bond donors (Lipinski definition) is 1. The second-order valence-electron chi connectivity index (χ2n) is 11.0. The Kier molecular flexibility index (Phi) is 6.51. The SMILES string of the molecule is COc1cccc(CCC2=C3C[C@H](O)C[C@]3(C)CC([Si](C)(C)C)=C2Cc2ccccc2)c1. The Labute approximate surface area is 195 Å². The van der Waals surface area contributed by atoms with Gasteiger partial charge in [0.1, 0.15) is 5.75 Å². The predicted molar refractivity (Wildman–Crippen MR) is 137 cm³/mol. The molecule has 2 aliphatic carbocycles. The summed E-state index contributed by atoms with van der Waals surface area (Å²) in [6.07, 6.45) is 5.68. The Hall–Kier alpha value is -2.10. The molecule has 170 valence electrons. The third kappa shape index (κ3) is 4.79. The average molecular weight is 447 g/mol. The number of benzene rings is 2. The zero-order valence-corrected chi connectivity index (χ0v) is 21.4. The maximum absolute atomic E-state index is 10.7. The van der Waals surface area contributed by atoms with Gasteiger partial charge in [-0.3, -0.25) is 0 Å². The number of ether oxygens (including phenoxy) is 1. The molecule has 4 rings (SSSR count). The Balaban J connectivity index is 1.78. The van der Waals surface area contributed by atoms with Gasteiger partial charge in [-0.25, -0.2) is 0 Å². The Morgan fingerprint density at radius 3 is 2.38 bits per heavy atom. The van der Waals surface area contributed by atoms with Gasteiger partial charge in [0, 0.05) is 0 Å². The molecule has 1 fully saturated rings.